The topological polar surface area (TPSA) is 33.0 Å². The van der Waals surface area contributed by atoms with Crippen LogP contribution in [-0.4, -0.2) is 7.11 Å². The van der Waals surface area contributed by atoms with Crippen molar-refractivity contribution in [2.45, 2.75) is 0 Å². The number of hydrogen-bond acceptors (Lipinski definition) is 2. The molecule has 0 fully saturated rings. The predicted molar refractivity (Wildman–Crippen MR) is 63.1 cm³/mol. The highest BCUT2D eigenvalue weighted by Gasteiger charge is 2.07. The second kappa shape index (κ2) is 4.67. The molecule has 0 radical (unpaired) electrons. The van der Waals surface area contributed by atoms with Gasteiger partial charge in [-0.2, -0.15) is 5.26 Å². The van der Waals surface area contributed by atoms with E-state index in [0.717, 1.165) is 0 Å². The van der Waals surface area contributed by atoms with Crippen molar-refractivity contribution in [2.24, 2.45) is 0 Å². The van der Waals surface area contributed by atoms with Crippen molar-refractivity contribution in [3.63, 3.8) is 0 Å². The molecule has 0 bridgehead atoms. The van der Waals surface area contributed by atoms with Gasteiger partial charge in [-0.15, -0.1) is 0 Å². The molecule has 0 aliphatic carbocycles. The van der Waals surface area contributed by atoms with E-state index in [-0.39, 0.29) is 5.82 Å². The van der Waals surface area contributed by atoms with Gasteiger partial charge >= 0.3 is 0 Å². The van der Waals surface area contributed by atoms with Gasteiger partial charge in [0, 0.05) is 5.56 Å². The van der Waals surface area contributed by atoms with Crippen molar-refractivity contribution < 1.29 is 9.13 Å². The monoisotopic (exact) mass is 227 g/mol. The Morgan fingerprint density at radius 2 is 2.00 bits per heavy atom. The van der Waals surface area contributed by atoms with Gasteiger partial charge in [-0.3, -0.25) is 0 Å². The van der Waals surface area contributed by atoms with Crippen molar-refractivity contribution in [2.75, 3.05) is 7.11 Å². The average molecular weight is 227 g/mol. The molecule has 0 aliphatic rings. The van der Waals surface area contributed by atoms with Crippen LogP contribution >= 0.6 is 0 Å². The standard InChI is InChI=1S/C14H10FNO/c1-17-12-4-2-3-11(8-12)13-7-10(9-16)5-6-14(13)15/h2-8H,1H3. The van der Waals surface area contributed by atoms with Gasteiger partial charge in [-0.05, 0) is 35.9 Å². The SMILES string of the molecule is COc1cccc(-c2cc(C#N)ccc2F)c1. The minimum atomic E-state index is -0.350. The number of nitrogens with zero attached hydrogens (tertiary/aromatic N) is 1. The van der Waals surface area contributed by atoms with Crippen LogP contribution in [0.5, 0.6) is 5.75 Å². The van der Waals surface area contributed by atoms with E-state index in [2.05, 4.69) is 0 Å². The van der Waals surface area contributed by atoms with Crippen LogP contribution in [0.4, 0.5) is 4.39 Å². The first-order valence-corrected chi connectivity index (χ1v) is 5.08. The molecule has 2 aromatic carbocycles. The maximum Gasteiger partial charge on any atom is 0.131 e. The van der Waals surface area contributed by atoms with Gasteiger partial charge in [0.15, 0.2) is 0 Å². The first-order valence-electron chi connectivity index (χ1n) is 5.08. The van der Waals surface area contributed by atoms with Crippen LogP contribution in [0.25, 0.3) is 11.1 Å². The van der Waals surface area contributed by atoms with E-state index in [1.54, 1.807) is 31.4 Å². The number of halogens is 1. The molecule has 0 heterocycles. The number of hydrogen-bond donors (Lipinski definition) is 0. The van der Waals surface area contributed by atoms with Gasteiger partial charge in [0.25, 0.3) is 0 Å². The molecule has 2 aromatic rings. The molecule has 0 amide bonds. The summed E-state index contributed by atoms with van der Waals surface area (Å²) in [5, 5.41) is 8.80. The van der Waals surface area contributed by atoms with E-state index in [9.17, 15) is 4.39 Å². The summed E-state index contributed by atoms with van der Waals surface area (Å²) < 4.78 is 18.8. The van der Waals surface area contributed by atoms with Crippen molar-refractivity contribution in [1.29, 1.82) is 5.26 Å². The normalized spacial score (nSPS) is 9.71. The lowest BCUT2D eigenvalue weighted by atomic mass is 10.0. The smallest absolute Gasteiger partial charge is 0.131 e. The fourth-order valence-electron chi connectivity index (χ4n) is 1.61. The number of nitriles is 1. The van der Waals surface area contributed by atoms with E-state index in [1.165, 1.54) is 18.2 Å². The second-order valence-corrected chi connectivity index (χ2v) is 3.54. The van der Waals surface area contributed by atoms with Crippen molar-refractivity contribution in [1.82, 2.24) is 0 Å². The zero-order valence-electron chi connectivity index (χ0n) is 9.27. The lowest BCUT2D eigenvalue weighted by Gasteiger charge is -2.06. The summed E-state index contributed by atoms with van der Waals surface area (Å²) in [6.07, 6.45) is 0. The lowest BCUT2D eigenvalue weighted by Crippen LogP contribution is -1.88. The van der Waals surface area contributed by atoms with E-state index >= 15 is 0 Å². The van der Waals surface area contributed by atoms with Crippen molar-refractivity contribution in [3.05, 3.63) is 53.8 Å². The van der Waals surface area contributed by atoms with Gasteiger partial charge in [-0.25, -0.2) is 4.39 Å². The highest BCUT2D eigenvalue weighted by atomic mass is 19.1. The molecule has 0 unspecified atom stereocenters. The molecule has 0 spiro atoms. The van der Waals surface area contributed by atoms with Crippen LogP contribution in [0, 0.1) is 17.1 Å². The Labute approximate surface area is 98.9 Å². The number of rotatable bonds is 2. The van der Waals surface area contributed by atoms with Crippen LogP contribution < -0.4 is 4.74 Å². The summed E-state index contributed by atoms with van der Waals surface area (Å²) in [6.45, 7) is 0. The zero-order valence-corrected chi connectivity index (χ0v) is 9.27. The largest absolute Gasteiger partial charge is 0.497 e. The molecule has 0 aliphatic heterocycles. The van der Waals surface area contributed by atoms with Crippen LogP contribution in [0.1, 0.15) is 5.56 Å². The molecular weight excluding hydrogens is 217 g/mol. The van der Waals surface area contributed by atoms with Crippen LogP contribution in [0.2, 0.25) is 0 Å². The molecule has 2 nitrogen and oxygen atoms in total. The maximum absolute atomic E-state index is 13.7. The maximum atomic E-state index is 13.7. The summed E-state index contributed by atoms with van der Waals surface area (Å²) in [6, 6.07) is 13.4. The first-order chi connectivity index (χ1) is 8.24. The Hall–Kier alpha value is -2.34. The number of benzene rings is 2. The predicted octanol–water partition coefficient (Wildman–Crippen LogP) is 3.37. The fraction of sp³-hybridized carbons (Fsp3) is 0.0714. The van der Waals surface area contributed by atoms with Crippen LogP contribution in [0.15, 0.2) is 42.5 Å². The molecule has 2 rings (SSSR count). The van der Waals surface area contributed by atoms with E-state index in [1.807, 2.05) is 6.07 Å². The summed E-state index contributed by atoms with van der Waals surface area (Å²) >= 11 is 0. The van der Waals surface area contributed by atoms with Crippen LogP contribution in [-0.2, 0) is 0 Å². The summed E-state index contributed by atoms with van der Waals surface area (Å²) in [5.41, 5.74) is 1.53. The van der Waals surface area contributed by atoms with E-state index < -0.39 is 0 Å². The molecule has 3 heteroatoms. The average Bonchev–Trinajstić information content (AvgIpc) is 2.39. The van der Waals surface area contributed by atoms with Gasteiger partial charge in [0.2, 0.25) is 0 Å². The van der Waals surface area contributed by atoms with Gasteiger partial charge in [0.05, 0.1) is 18.7 Å². The van der Waals surface area contributed by atoms with Gasteiger partial charge < -0.3 is 4.74 Å². The molecule has 0 N–H and O–H groups in total. The van der Waals surface area contributed by atoms with Gasteiger partial charge in [-0.1, -0.05) is 12.1 Å². The third-order valence-corrected chi connectivity index (χ3v) is 2.48. The molecule has 17 heavy (non-hydrogen) atoms. The molecule has 0 aromatic heterocycles. The van der Waals surface area contributed by atoms with Crippen molar-refractivity contribution >= 4 is 0 Å². The van der Waals surface area contributed by atoms with Crippen molar-refractivity contribution in [3.8, 4) is 22.9 Å². The molecular formula is C14H10FNO. The van der Waals surface area contributed by atoms with Crippen LogP contribution in [0.3, 0.4) is 0 Å². The second-order valence-electron chi connectivity index (χ2n) is 3.54. The minimum absolute atomic E-state index is 0.350. The number of methoxy groups -OCH3 is 1. The first kappa shape index (κ1) is 11.2. The molecule has 0 saturated heterocycles. The number of ether oxygens (including phenoxy) is 1. The van der Waals surface area contributed by atoms with Gasteiger partial charge in [0.1, 0.15) is 11.6 Å². The lowest BCUT2D eigenvalue weighted by molar-refractivity contribution is 0.415. The van der Waals surface area contributed by atoms with E-state index in [0.29, 0.717) is 22.4 Å². The molecule has 84 valence electrons. The fourth-order valence-corrected chi connectivity index (χ4v) is 1.61. The minimum Gasteiger partial charge on any atom is -0.497 e. The highest BCUT2D eigenvalue weighted by molar-refractivity contribution is 5.67. The third-order valence-electron chi connectivity index (χ3n) is 2.48. The molecule has 0 saturated carbocycles. The summed E-state index contributed by atoms with van der Waals surface area (Å²) in [4.78, 5) is 0. The summed E-state index contributed by atoms with van der Waals surface area (Å²) in [5.74, 6) is 0.307. The Morgan fingerprint density at radius 1 is 1.18 bits per heavy atom. The van der Waals surface area contributed by atoms with E-state index in [4.69, 9.17) is 10.00 Å². The quantitative estimate of drug-likeness (QED) is 0.788. The zero-order chi connectivity index (χ0) is 12.3. The summed E-state index contributed by atoms with van der Waals surface area (Å²) in [7, 11) is 1.56. The Bertz CT molecular complexity index is 587. The highest BCUT2D eigenvalue weighted by Crippen LogP contribution is 2.26. The third kappa shape index (κ3) is 2.26. The Morgan fingerprint density at radius 3 is 2.71 bits per heavy atom. The Kier molecular flexibility index (Phi) is 3.06. The Balaban J connectivity index is 2.55. The molecule has 0 atom stereocenters.